The van der Waals surface area contributed by atoms with E-state index in [1.54, 1.807) is 0 Å². The molecule has 1 aromatic carbocycles. The predicted octanol–water partition coefficient (Wildman–Crippen LogP) is 2.59. The number of rotatable bonds is 5. The van der Waals surface area contributed by atoms with Crippen LogP contribution in [0.3, 0.4) is 0 Å². The lowest BCUT2D eigenvalue weighted by atomic mass is 10.0. The van der Waals surface area contributed by atoms with Crippen LogP contribution in [0.2, 0.25) is 0 Å². The molecule has 3 N–H and O–H groups in total. The van der Waals surface area contributed by atoms with E-state index in [1.807, 2.05) is 12.1 Å². The second-order valence-corrected chi connectivity index (χ2v) is 7.06. The van der Waals surface area contributed by atoms with Gasteiger partial charge in [0.1, 0.15) is 6.04 Å². The van der Waals surface area contributed by atoms with E-state index in [0.29, 0.717) is 6.04 Å². The number of hydrazine groups is 1. The summed E-state index contributed by atoms with van der Waals surface area (Å²) in [4.78, 5) is 12.5. The molecule has 1 aliphatic carbocycles. The molecule has 1 aromatic rings. The number of halogens is 1. The highest BCUT2D eigenvalue weighted by Crippen LogP contribution is 2.45. The highest BCUT2D eigenvalue weighted by atomic mass is 79.9. The molecule has 0 aromatic heterocycles. The summed E-state index contributed by atoms with van der Waals surface area (Å²) in [6, 6.07) is 8.56. The second-order valence-electron chi connectivity index (χ2n) is 6.14. The van der Waals surface area contributed by atoms with Gasteiger partial charge in [0.2, 0.25) is 5.91 Å². The van der Waals surface area contributed by atoms with Crippen LogP contribution in [0.5, 0.6) is 0 Å². The molecule has 3 rings (SSSR count). The summed E-state index contributed by atoms with van der Waals surface area (Å²) < 4.78 is 1.07. The lowest BCUT2D eigenvalue weighted by molar-refractivity contribution is -0.124. The summed E-state index contributed by atoms with van der Waals surface area (Å²) in [5.41, 5.74) is 7.42. The minimum absolute atomic E-state index is 0.113. The molecule has 0 spiro atoms. The van der Waals surface area contributed by atoms with Crippen LogP contribution in [0, 0.1) is 0 Å². The Morgan fingerprint density at radius 3 is 2.67 bits per heavy atom. The smallest absolute Gasteiger partial charge is 0.239 e. The average Bonchev–Trinajstić information content (AvgIpc) is 3.09. The van der Waals surface area contributed by atoms with Gasteiger partial charge in [0, 0.05) is 10.5 Å². The maximum absolute atomic E-state index is 12.5. The molecule has 1 aliphatic heterocycles. The Labute approximate surface area is 134 Å². The van der Waals surface area contributed by atoms with E-state index in [4.69, 9.17) is 0 Å². The average molecular weight is 352 g/mol. The molecule has 2 aliphatic rings. The standard InChI is InChI=1S/C16H22BrN3O/c1-2-3-13-10-14(20-19-13)15(21)18-16(8-9-16)11-4-6-12(17)7-5-11/h4-7,13-14,19-20H,2-3,8-10H2,1H3,(H,18,21). The fourth-order valence-corrected chi connectivity index (χ4v) is 3.30. The topological polar surface area (TPSA) is 53.2 Å². The predicted molar refractivity (Wildman–Crippen MR) is 86.6 cm³/mol. The first-order valence-electron chi connectivity index (χ1n) is 7.72. The molecule has 0 bridgehead atoms. The maximum atomic E-state index is 12.5. The third kappa shape index (κ3) is 3.30. The van der Waals surface area contributed by atoms with Crippen molar-refractivity contribution in [3.8, 4) is 0 Å². The molecule has 1 amide bonds. The molecule has 1 saturated carbocycles. The molecular formula is C16H22BrN3O. The fraction of sp³-hybridized carbons (Fsp3) is 0.562. The monoisotopic (exact) mass is 351 g/mol. The van der Waals surface area contributed by atoms with Crippen LogP contribution in [0.1, 0.15) is 44.6 Å². The van der Waals surface area contributed by atoms with Crippen molar-refractivity contribution in [3.63, 3.8) is 0 Å². The van der Waals surface area contributed by atoms with Gasteiger partial charge in [0.15, 0.2) is 0 Å². The van der Waals surface area contributed by atoms with Gasteiger partial charge < -0.3 is 5.32 Å². The van der Waals surface area contributed by atoms with Crippen LogP contribution < -0.4 is 16.2 Å². The highest BCUT2D eigenvalue weighted by Gasteiger charge is 2.47. The zero-order valence-corrected chi connectivity index (χ0v) is 13.9. The molecule has 21 heavy (non-hydrogen) atoms. The number of benzene rings is 1. The van der Waals surface area contributed by atoms with Gasteiger partial charge in [-0.2, -0.15) is 0 Å². The van der Waals surface area contributed by atoms with Crippen LogP contribution in [0.15, 0.2) is 28.7 Å². The summed E-state index contributed by atoms with van der Waals surface area (Å²) in [5, 5.41) is 3.25. The molecule has 0 radical (unpaired) electrons. The van der Waals surface area contributed by atoms with Gasteiger partial charge in [-0.25, -0.2) is 5.43 Å². The summed E-state index contributed by atoms with van der Waals surface area (Å²) >= 11 is 3.45. The van der Waals surface area contributed by atoms with Gasteiger partial charge in [0.25, 0.3) is 0 Å². The highest BCUT2D eigenvalue weighted by molar-refractivity contribution is 9.10. The number of hydrogen-bond donors (Lipinski definition) is 3. The lowest BCUT2D eigenvalue weighted by Crippen LogP contribution is -2.47. The number of nitrogens with one attached hydrogen (secondary N) is 3. The number of carbonyl (C=O) groups is 1. The van der Waals surface area contributed by atoms with Gasteiger partial charge in [-0.15, -0.1) is 0 Å². The fourth-order valence-electron chi connectivity index (χ4n) is 3.03. The van der Waals surface area contributed by atoms with Crippen LogP contribution in [0.25, 0.3) is 0 Å². The third-order valence-electron chi connectivity index (χ3n) is 4.44. The van der Waals surface area contributed by atoms with E-state index in [0.717, 1.165) is 36.6 Å². The van der Waals surface area contributed by atoms with Crippen molar-refractivity contribution in [3.05, 3.63) is 34.3 Å². The van der Waals surface area contributed by atoms with Gasteiger partial charge >= 0.3 is 0 Å². The van der Waals surface area contributed by atoms with Crippen LogP contribution in [-0.4, -0.2) is 18.0 Å². The van der Waals surface area contributed by atoms with Crippen molar-refractivity contribution in [2.75, 3.05) is 0 Å². The minimum atomic E-state index is -0.137. The zero-order chi connectivity index (χ0) is 14.9. The molecule has 2 atom stereocenters. The third-order valence-corrected chi connectivity index (χ3v) is 4.97. The Hall–Kier alpha value is -0.910. The van der Waals surface area contributed by atoms with E-state index in [2.05, 4.69) is 51.2 Å². The molecule has 1 saturated heterocycles. The van der Waals surface area contributed by atoms with Crippen molar-refractivity contribution < 1.29 is 4.79 Å². The normalized spacial score (nSPS) is 26.6. The van der Waals surface area contributed by atoms with Crippen LogP contribution in [0.4, 0.5) is 0 Å². The molecule has 4 nitrogen and oxygen atoms in total. The summed E-state index contributed by atoms with van der Waals surface area (Å²) in [6.45, 7) is 2.17. The molecule has 114 valence electrons. The van der Waals surface area contributed by atoms with Crippen LogP contribution >= 0.6 is 15.9 Å². The summed E-state index contributed by atoms with van der Waals surface area (Å²) in [5.74, 6) is 0.113. The Balaban J connectivity index is 1.61. The number of hydrogen-bond acceptors (Lipinski definition) is 3. The van der Waals surface area contributed by atoms with E-state index in [9.17, 15) is 4.79 Å². The van der Waals surface area contributed by atoms with Crippen LogP contribution in [-0.2, 0) is 10.3 Å². The summed E-state index contributed by atoms with van der Waals surface area (Å²) in [7, 11) is 0. The minimum Gasteiger partial charge on any atom is -0.345 e. The Bertz CT molecular complexity index is 513. The first-order chi connectivity index (χ1) is 10.1. The molecule has 1 heterocycles. The van der Waals surface area contributed by atoms with Crippen molar-refractivity contribution >= 4 is 21.8 Å². The lowest BCUT2D eigenvalue weighted by Gasteiger charge is -2.20. The maximum Gasteiger partial charge on any atom is 0.239 e. The van der Waals surface area contributed by atoms with Crippen molar-refractivity contribution in [2.24, 2.45) is 0 Å². The molecule has 5 heteroatoms. The van der Waals surface area contributed by atoms with E-state index >= 15 is 0 Å². The Morgan fingerprint density at radius 1 is 1.33 bits per heavy atom. The number of amides is 1. The Kier molecular flexibility index (Phi) is 4.33. The second kappa shape index (κ2) is 6.07. The zero-order valence-electron chi connectivity index (χ0n) is 12.3. The van der Waals surface area contributed by atoms with Gasteiger partial charge in [-0.1, -0.05) is 41.4 Å². The Morgan fingerprint density at radius 2 is 2.05 bits per heavy atom. The van der Waals surface area contributed by atoms with Gasteiger partial charge in [0.05, 0.1) is 5.54 Å². The van der Waals surface area contributed by atoms with Gasteiger partial charge in [-0.3, -0.25) is 10.2 Å². The first-order valence-corrected chi connectivity index (χ1v) is 8.51. The molecular weight excluding hydrogens is 330 g/mol. The SMILES string of the molecule is CCCC1CC(C(=O)NC2(c3ccc(Br)cc3)CC2)NN1. The largest absolute Gasteiger partial charge is 0.345 e. The molecule has 2 fully saturated rings. The van der Waals surface area contributed by atoms with E-state index in [-0.39, 0.29) is 17.5 Å². The van der Waals surface area contributed by atoms with Gasteiger partial charge in [-0.05, 0) is 43.4 Å². The van der Waals surface area contributed by atoms with E-state index < -0.39 is 0 Å². The van der Waals surface area contributed by atoms with Crippen molar-refractivity contribution in [1.29, 1.82) is 0 Å². The molecule has 2 unspecified atom stereocenters. The quantitative estimate of drug-likeness (QED) is 0.764. The van der Waals surface area contributed by atoms with E-state index in [1.165, 1.54) is 5.56 Å². The van der Waals surface area contributed by atoms with Crippen molar-refractivity contribution in [2.45, 2.75) is 56.7 Å². The number of carbonyl (C=O) groups excluding carboxylic acids is 1. The van der Waals surface area contributed by atoms with Crippen molar-refractivity contribution in [1.82, 2.24) is 16.2 Å². The summed E-state index contributed by atoms with van der Waals surface area (Å²) in [6.07, 6.45) is 5.17. The first kappa shape index (κ1) is 15.0.